The van der Waals surface area contributed by atoms with E-state index in [1.54, 1.807) is 0 Å². The van der Waals surface area contributed by atoms with Crippen LogP contribution in [0.3, 0.4) is 0 Å². The van der Waals surface area contributed by atoms with Gasteiger partial charge in [0.15, 0.2) is 0 Å². The number of aliphatic hydroxyl groups is 2. The van der Waals surface area contributed by atoms with Crippen molar-refractivity contribution in [3.63, 3.8) is 0 Å². The fourth-order valence-electron chi connectivity index (χ4n) is 4.76. The molecule has 16 heavy (non-hydrogen) atoms. The molecule has 6 atom stereocenters. The maximum absolute atomic E-state index is 10.2. The van der Waals surface area contributed by atoms with Gasteiger partial charge in [-0.1, -0.05) is 19.3 Å². The van der Waals surface area contributed by atoms with E-state index in [1.165, 1.54) is 25.7 Å². The van der Waals surface area contributed by atoms with Crippen LogP contribution < -0.4 is 0 Å². The maximum atomic E-state index is 10.2. The first-order chi connectivity index (χ1) is 7.75. The molecule has 3 aliphatic rings. The van der Waals surface area contributed by atoms with Gasteiger partial charge >= 0.3 is 0 Å². The summed E-state index contributed by atoms with van der Waals surface area (Å²) in [6, 6.07) is 0. The average Bonchev–Trinajstić information content (AvgIpc) is 2.29. The van der Waals surface area contributed by atoms with Gasteiger partial charge in [0, 0.05) is 0 Å². The highest BCUT2D eigenvalue weighted by atomic mass is 16.3. The smallest absolute Gasteiger partial charge is 0.0574 e. The predicted octanol–water partition coefficient (Wildman–Crippen LogP) is 2.33. The first-order valence-corrected chi connectivity index (χ1v) is 7.12. The molecule has 0 aromatic heterocycles. The topological polar surface area (TPSA) is 40.5 Å². The average molecular weight is 224 g/mol. The molecule has 0 saturated heterocycles. The summed E-state index contributed by atoms with van der Waals surface area (Å²) in [5.74, 6) is 2.79. The molecule has 0 spiro atoms. The van der Waals surface area contributed by atoms with Gasteiger partial charge in [-0.25, -0.2) is 0 Å². The van der Waals surface area contributed by atoms with Gasteiger partial charge in [0.2, 0.25) is 0 Å². The van der Waals surface area contributed by atoms with Gasteiger partial charge in [0.05, 0.1) is 12.2 Å². The Balaban J connectivity index is 1.78. The van der Waals surface area contributed by atoms with Gasteiger partial charge in [0.25, 0.3) is 0 Å². The summed E-state index contributed by atoms with van der Waals surface area (Å²) in [7, 11) is 0. The third-order valence-electron chi connectivity index (χ3n) is 5.48. The molecular weight excluding hydrogens is 200 g/mol. The highest BCUT2D eigenvalue weighted by molar-refractivity contribution is 4.96. The van der Waals surface area contributed by atoms with Crippen molar-refractivity contribution in [2.45, 2.75) is 63.6 Å². The van der Waals surface area contributed by atoms with Crippen LogP contribution in [0.4, 0.5) is 0 Å². The lowest BCUT2D eigenvalue weighted by Gasteiger charge is -2.51. The lowest BCUT2D eigenvalue weighted by Crippen LogP contribution is -2.47. The Hall–Kier alpha value is -0.0800. The van der Waals surface area contributed by atoms with Gasteiger partial charge in [0.1, 0.15) is 0 Å². The van der Waals surface area contributed by atoms with Crippen molar-refractivity contribution in [2.75, 3.05) is 0 Å². The second kappa shape index (κ2) is 4.30. The summed E-state index contributed by atoms with van der Waals surface area (Å²) in [6.45, 7) is 0. The van der Waals surface area contributed by atoms with Gasteiger partial charge in [-0.3, -0.25) is 0 Å². The lowest BCUT2D eigenvalue weighted by atomic mass is 9.56. The van der Waals surface area contributed by atoms with Crippen molar-refractivity contribution in [1.29, 1.82) is 0 Å². The van der Waals surface area contributed by atoms with Crippen molar-refractivity contribution in [3.05, 3.63) is 0 Å². The van der Waals surface area contributed by atoms with E-state index in [9.17, 15) is 10.2 Å². The van der Waals surface area contributed by atoms with E-state index in [-0.39, 0.29) is 12.2 Å². The highest BCUT2D eigenvalue weighted by Gasteiger charge is 2.46. The zero-order valence-corrected chi connectivity index (χ0v) is 10.0. The second-order valence-electron chi connectivity index (χ2n) is 6.31. The van der Waals surface area contributed by atoms with Crippen molar-refractivity contribution in [2.24, 2.45) is 23.7 Å². The Morgan fingerprint density at radius 2 is 1.50 bits per heavy atom. The van der Waals surface area contributed by atoms with Crippen LogP contribution in [-0.4, -0.2) is 22.4 Å². The lowest BCUT2D eigenvalue weighted by molar-refractivity contribution is -0.0881. The molecule has 6 unspecified atom stereocenters. The number of fused-ring (bicyclic) bond motifs is 3. The highest BCUT2D eigenvalue weighted by Crippen LogP contribution is 2.51. The Morgan fingerprint density at radius 1 is 0.688 bits per heavy atom. The van der Waals surface area contributed by atoms with Crippen LogP contribution in [0.2, 0.25) is 0 Å². The van der Waals surface area contributed by atoms with Crippen LogP contribution in [-0.2, 0) is 0 Å². The molecule has 2 N–H and O–H groups in total. The minimum absolute atomic E-state index is 0.126. The van der Waals surface area contributed by atoms with Gasteiger partial charge in [-0.05, 0) is 55.8 Å². The maximum Gasteiger partial charge on any atom is 0.0574 e. The number of rotatable bonds is 0. The molecule has 3 rings (SSSR count). The standard InChI is InChI=1S/C14H24O2/c15-10-5-6-12-11-4-2-1-3-9(11)7-14(16)13(12)8-10/h9-16H,1-8H2. The Labute approximate surface area is 98.1 Å². The van der Waals surface area contributed by atoms with Crippen LogP contribution >= 0.6 is 0 Å². The van der Waals surface area contributed by atoms with Gasteiger partial charge in [-0.15, -0.1) is 0 Å². The van der Waals surface area contributed by atoms with E-state index >= 15 is 0 Å². The molecule has 3 saturated carbocycles. The summed E-state index contributed by atoms with van der Waals surface area (Å²) in [5, 5.41) is 20.0. The molecule has 0 amide bonds. The molecule has 0 aromatic carbocycles. The van der Waals surface area contributed by atoms with E-state index < -0.39 is 0 Å². The van der Waals surface area contributed by atoms with Crippen LogP contribution in [0, 0.1) is 23.7 Å². The van der Waals surface area contributed by atoms with Gasteiger partial charge in [-0.2, -0.15) is 0 Å². The molecule has 2 heteroatoms. The minimum atomic E-state index is -0.143. The first-order valence-electron chi connectivity index (χ1n) is 7.12. The molecule has 0 radical (unpaired) electrons. The van der Waals surface area contributed by atoms with E-state index in [0.717, 1.165) is 43.4 Å². The SMILES string of the molecule is OC1CCC2C(C1)C(O)CC1CCCCC12. The van der Waals surface area contributed by atoms with Crippen LogP contribution in [0.25, 0.3) is 0 Å². The predicted molar refractivity (Wildman–Crippen MR) is 62.9 cm³/mol. The molecule has 0 bridgehead atoms. The third-order valence-corrected chi connectivity index (χ3v) is 5.48. The molecule has 0 heterocycles. The molecular formula is C14H24O2. The number of aliphatic hydroxyl groups excluding tert-OH is 2. The van der Waals surface area contributed by atoms with E-state index in [4.69, 9.17) is 0 Å². The summed E-state index contributed by atoms with van der Waals surface area (Å²) in [6.07, 6.45) is 9.21. The normalized spacial score (nSPS) is 52.9. The van der Waals surface area contributed by atoms with E-state index in [0.29, 0.717) is 5.92 Å². The Bertz CT molecular complexity index is 251. The molecule has 92 valence electrons. The fraction of sp³-hybridized carbons (Fsp3) is 1.00. The summed E-state index contributed by atoms with van der Waals surface area (Å²) < 4.78 is 0. The van der Waals surface area contributed by atoms with Gasteiger partial charge < -0.3 is 10.2 Å². The molecule has 0 aromatic rings. The summed E-state index contributed by atoms with van der Waals surface area (Å²) in [5.41, 5.74) is 0. The molecule has 2 nitrogen and oxygen atoms in total. The third kappa shape index (κ3) is 1.80. The number of hydrogen-bond acceptors (Lipinski definition) is 2. The van der Waals surface area contributed by atoms with Crippen molar-refractivity contribution >= 4 is 0 Å². The molecule has 0 aliphatic heterocycles. The zero-order valence-electron chi connectivity index (χ0n) is 10.0. The largest absolute Gasteiger partial charge is 0.393 e. The van der Waals surface area contributed by atoms with Crippen LogP contribution in [0.5, 0.6) is 0 Å². The minimum Gasteiger partial charge on any atom is -0.393 e. The fourth-order valence-corrected chi connectivity index (χ4v) is 4.76. The monoisotopic (exact) mass is 224 g/mol. The Kier molecular flexibility index (Phi) is 2.97. The quantitative estimate of drug-likeness (QED) is 0.663. The molecule has 3 aliphatic carbocycles. The number of hydrogen-bond donors (Lipinski definition) is 2. The molecule has 3 fully saturated rings. The second-order valence-corrected chi connectivity index (χ2v) is 6.31. The van der Waals surface area contributed by atoms with E-state index in [1.807, 2.05) is 0 Å². The van der Waals surface area contributed by atoms with Crippen molar-refractivity contribution < 1.29 is 10.2 Å². The van der Waals surface area contributed by atoms with Crippen molar-refractivity contribution in [1.82, 2.24) is 0 Å². The summed E-state index contributed by atoms with van der Waals surface area (Å²) >= 11 is 0. The van der Waals surface area contributed by atoms with E-state index in [2.05, 4.69) is 0 Å². The van der Waals surface area contributed by atoms with Crippen molar-refractivity contribution in [3.8, 4) is 0 Å². The first kappa shape index (κ1) is 11.0. The zero-order chi connectivity index (χ0) is 11.1. The van der Waals surface area contributed by atoms with Crippen LogP contribution in [0.15, 0.2) is 0 Å². The van der Waals surface area contributed by atoms with Crippen LogP contribution in [0.1, 0.15) is 51.4 Å². The summed E-state index contributed by atoms with van der Waals surface area (Å²) in [4.78, 5) is 0. The Morgan fingerprint density at radius 3 is 2.38 bits per heavy atom.